The predicted molar refractivity (Wildman–Crippen MR) is 208 cm³/mol. The lowest BCUT2D eigenvalue weighted by atomic mass is 9.95. The van der Waals surface area contributed by atoms with Gasteiger partial charge in [0, 0.05) is 0 Å². The van der Waals surface area contributed by atoms with Gasteiger partial charge in [-0.15, -0.1) is 0 Å². The summed E-state index contributed by atoms with van der Waals surface area (Å²) in [6, 6.07) is 9.76. The van der Waals surface area contributed by atoms with E-state index in [0.29, 0.717) is 11.1 Å². The Labute approximate surface area is 313 Å². The van der Waals surface area contributed by atoms with Crippen LogP contribution in [0, 0.1) is 17.8 Å². The molecule has 0 aliphatic heterocycles. The molecular weight excluding hydrogens is 656 g/mol. The highest BCUT2D eigenvalue weighted by Crippen LogP contribution is 2.28. The molecule has 8 nitrogen and oxygen atoms in total. The molecule has 0 amide bonds. The van der Waals surface area contributed by atoms with E-state index in [1.165, 1.54) is 0 Å². The number of unbranched alkanes of at least 4 members (excludes halogenated alkanes) is 7. The van der Waals surface area contributed by atoms with Gasteiger partial charge in [0.1, 0.15) is 0 Å². The standard InChI is InChI=1S/C44H66O8/c1-8-12-16-17-18-26-49-41(45)37-24-22-35(27-39(37)43(47)51-30-33(6)20-14-10-3)36-23-25-38(42(46)50-29-32(5)19-13-9-2)40(28-36)44(48)52-31-34(7)21-15-11-4/h22-25,27-28,32-34H,8-21,26,29-31H2,1-7H3. The second-order valence-corrected chi connectivity index (χ2v) is 14.6. The van der Waals surface area contributed by atoms with E-state index in [1.54, 1.807) is 36.4 Å². The third-order valence-corrected chi connectivity index (χ3v) is 9.38. The van der Waals surface area contributed by atoms with Crippen molar-refractivity contribution in [3.05, 3.63) is 58.7 Å². The zero-order valence-electron chi connectivity index (χ0n) is 33.2. The molecule has 8 heteroatoms. The van der Waals surface area contributed by atoms with Crippen LogP contribution in [-0.2, 0) is 18.9 Å². The van der Waals surface area contributed by atoms with Crippen molar-refractivity contribution in [2.75, 3.05) is 26.4 Å². The van der Waals surface area contributed by atoms with Crippen molar-refractivity contribution < 1.29 is 38.1 Å². The summed E-state index contributed by atoms with van der Waals surface area (Å²) in [5.41, 5.74) is 1.57. The van der Waals surface area contributed by atoms with E-state index in [1.807, 2.05) is 20.8 Å². The van der Waals surface area contributed by atoms with Gasteiger partial charge in [-0.25, -0.2) is 19.2 Å². The molecule has 0 N–H and O–H groups in total. The molecule has 3 atom stereocenters. The summed E-state index contributed by atoms with van der Waals surface area (Å²) < 4.78 is 22.7. The van der Waals surface area contributed by atoms with Gasteiger partial charge in [0.05, 0.1) is 48.7 Å². The maximum Gasteiger partial charge on any atom is 0.339 e. The van der Waals surface area contributed by atoms with Crippen molar-refractivity contribution in [1.82, 2.24) is 0 Å². The Morgan fingerprint density at radius 1 is 0.442 bits per heavy atom. The van der Waals surface area contributed by atoms with Crippen LogP contribution in [0.15, 0.2) is 36.4 Å². The van der Waals surface area contributed by atoms with Crippen LogP contribution < -0.4 is 0 Å². The summed E-state index contributed by atoms with van der Waals surface area (Å²) in [6.07, 6.45) is 14.1. The zero-order chi connectivity index (χ0) is 38.3. The molecule has 2 aromatic rings. The van der Waals surface area contributed by atoms with E-state index in [0.717, 1.165) is 89.9 Å². The molecule has 0 aliphatic rings. The number of carbonyl (C=O) groups is 4. The highest BCUT2D eigenvalue weighted by Gasteiger charge is 2.25. The number of benzene rings is 2. The van der Waals surface area contributed by atoms with E-state index < -0.39 is 23.9 Å². The first-order valence-electron chi connectivity index (χ1n) is 20.0. The average molecular weight is 723 g/mol. The zero-order valence-corrected chi connectivity index (χ0v) is 33.2. The number of ether oxygens (including phenoxy) is 4. The minimum Gasteiger partial charge on any atom is -0.462 e. The molecule has 2 aromatic carbocycles. The Balaban J connectivity index is 2.46. The Bertz CT molecular complexity index is 1380. The van der Waals surface area contributed by atoms with Gasteiger partial charge in [-0.3, -0.25) is 0 Å². The summed E-state index contributed by atoms with van der Waals surface area (Å²) in [5.74, 6) is -1.86. The molecular formula is C44H66O8. The van der Waals surface area contributed by atoms with Gasteiger partial charge in [0.2, 0.25) is 0 Å². The Morgan fingerprint density at radius 2 is 0.788 bits per heavy atom. The van der Waals surface area contributed by atoms with Crippen LogP contribution in [0.2, 0.25) is 0 Å². The predicted octanol–water partition coefficient (Wildman–Crippen LogP) is 11.4. The van der Waals surface area contributed by atoms with E-state index >= 15 is 0 Å². The van der Waals surface area contributed by atoms with Gasteiger partial charge < -0.3 is 18.9 Å². The van der Waals surface area contributed by atoms with Crippen LogP contribution in [-0.4, -0.2) is 50.3 Å². The van der Waals surface area contributed by atoms with Crippen molar-refractivity contribution in [2.45, 2.75) is 138 Å². The van der Waals surface area contributed by atoms with E-state index in [9.17, 15) is 19.2 Å². The molecule has 0 heterocycles. The van der Waals surface area contributed by atoms with Crippen molar-refractivity contribution in [1.29, 1.82) is 0 Å². The Morgan fingerprint density at radius 3 is 1.17 bits per heavy atom. The quantitative estimate of drug-likeness (QED) is 0.0537. The van der Waals surface area contributed by atoms with Crippen LogP contribution in [0.3, 0.4) is 0 Å². The third-order valence-electron chi connectivity index (χ3n) is 9.38. The summed E-state index contributed by atoms with van der Waals surface area (Å²) in [6.45, 7) is 15.6. The number of hydrogen-bond donors (Lipinski definition) is 0. The normalized spacial score (nSPS) is 12.8. The van der Waals surface area contributed by atoms with Crippen molar-refractivity contribution in [2.24, 2.45) is 17.8 Å². The first kappa shape index (κ1) is 44.5. The topological polar surface area (TPSA) is 105 Å². The molecule has 0 saturated carbocycles. The van der Waals surface area contributed by atoms with Crippen molar-refractivity contribution in [3.63, 3.8) is 0 Å². The molecule has 0 aliphatic carbocycles. The molecule has 0 saturated heterocycles. The Kier molecular flexibility index (Phi) is 21.7. The smallest absolute Gasteiger partial charge is 0.339 e. The first-order valence-corrected chi connectivity index (χ1v) is 20.0. The van der Waals surface area contributed by atoms with Crippen molar-refractivity contribution >= 4 is 23.9 Å². The molecule has 0 fully saturated rings. The summed E-state index contributed by atoms with van der Waals surface area (Å²) in [7, 11) is 0. The highest BCUT2D eigenvalue weighted by molar-refractivity contribution is 6.06. The summed E-state index contributed by atoms with van der Waals surface area (Å²) in [5, 5.41) is 0. The molecule has 0 radical (unpaired) electrons. The monoisotopic (exact) mass is 722 g/mol. The molecule has 52 heavy (non-hydrogen) atoms. The molecule has 0 bridgehead atoms. The Hall–Kier alpha value is -3.68. The molecule has 290 valence electrons. The van der Waals surface area contributed by atoms with Crippen LogP contribution in [0.4, 0.5) is 0 Å². The summed E-state index contributed by atoms with van der Waals surface area (Å²) >= 11 is 0. The molecule has 0 aromatic heterocycles. The van der Waals surface area contributed by atoms with Gasteiger partial charge in [-0.1, -0.05) is 125 Å². The molecule has 0 spiro atoms. The third kappa shape index (κ3) is 15.9. The van der Waals surface area contributed by atoms with Gasteiger partial charge in [-0.05, 0) is 78.8 Å². The van der Waals surface area contributed by atoms with Gasteiger partial charge >= 0.3 is 23.9 Å². The van der Waals surface area contributed by atoms with Crippen LogP contribution in [0.25, 0.3) is 11.1 Å². The highest BCUT2D eigenvalue weighted by atomic mass is 16.5. The van der Waals surface area contributed by atoms with Crippen LogP contribution in [0.1, 0.15) is 180 Å². The molecule has 2 rings (SSSR count). The van der Waals surface area contributed by atoms with Crippen LogP contribution in [0.5, 0.6) is 0 Å². The minimum absolute atomic E-state index is 0.0897. The van der Waals surface area contributed by atoms with Gasteiger partial charge in [0.15, 0.2) is 0 Å². The number of hydrogen-bond acceptors (Lipinski definition) is 8. The SMILES string of the molecule is CCCCCCCOC(=O)c1ccc(-c2ccc(C(=O)OCC(C)CCCC)c(C(=O)OCC(C)CCCC)c2)cc1C(=O)OCC(C)CCCC. The fourth-order valence-electron chi connectivity index (χ4n) is 5.88. The van der Waals surface area contributed by atoms with Crippen LogP contribution >= 0.6 is 0 Å². The van der Waals surface area contributed by atoms with E-state index in [-0.39, 0.29) is 66.4 Å². The maximum atomic E-state index is 13.6. The average Bonchev–Trinajstić information content (AvgIpc) is 3.16. The van der Waals surface area contributed by atoms with Gasteiger partial charge in [-0.2, -0.15) is 0 Å². The van der Waals surface area contributed by atoms with Crippen molar-refractivity contribution in [3.8, 4) is 11.1 Å². The van der Waals surface area contributed by atoms with E-state index in [4.69, 9.17) is 18.9 Å². The second-order valence-electron chi connectivity index (χ2n) is 14.6. The lowest BCUT2D eigenvalue weighted by Crippen LogP contribution is -2.19. The summed E-state index contributed by atoms with van der Waals surface area (Å²) in [4.78, 5) is 53.7. The maximum absolute atomic E-state index is 13.6. The fourth-order valence-corrected chi connectivity index (χ4v) is 5.88. The number of rotatable bonds is 26. The van der Waals surface area contributed by atoms with Gasteiger partial charge in [0.25, 0.3) is 0 Å². The number of carbonyl (C=O) groups excluding carboxylic acids is 4. The minimum atomic E-state index is -0.615. The van der Waals surface area contributed by atoms with E-state index in [2.05, 4.69) is 27.7 Å². The lowest BCUT2D eigenvalue weighted by molar-refractivity contribution is 0.0396. The second kappa shape index (κ2) is 25.3. The fraction of sp³-hybridized carbons (Fsp3) is 0.636. The molecule has 3 unspecified atom stereocenters. The largest absolute Gasteiger partial charge is 0.462 e. The lowest BCUT2D eigenvalue weighted by Gasteiger charge is -2.16. The first-order chi connectivity index (χ1) is 25.1. The number of esters is 4.